The van der Waals surface area contributed by atoms with Gasteiger partial charge in [-0.1, -0.05) is 11.6 Å². The second kappa shape index (κ2) is 7.86. The van der Waals surface area contributed by atoms with Crippen molar-refractivity contribution in [3.63, 3.8) is 0 Å². The van der Waals surface area contributed by atoms with Gasteiger partial charge in [-0.2, -0.15) is 0 Å². The van der Waals surface area contributed by atoms with Gasteiger partial charge in [0, 0.05) is 13.1 Å². The van der Waals surface area contributed by atoms with Crippen LogP contribution in [0, 0.1) is 5.41 Å². The number of imide groups is 1. The molecular weight excluding hydrogens is 324 g/mol. The molecule has 0 bridgehead atoms. The molecular formula is C17H30N4O4. The zero-order valence-corrected chi connectivity index (χ0v) is 16.0. The van der Waals surface area contributed by atoms with Gasteiger partial charge in [0.15, 0.2) is 0 Å². The first kappa shape index (κ1) is 21.0. The zero-order chi connectivity index (χ0) is 19.4. The summed E-state index contributed by atoms with van der Waals surface area (Å²) in [6.45, 7) is 11.5. The molecule has 0 aromatic rings. The lowest BCUT2D eigenvalue weighted by molar-refractivity contribution is 0.0126. The number of rotatable bonds is 2. The summed E-state index contributed by atoms with van der Waals surface area (Å²) in [6.07, 6.45) is 0.796. The van der Waals surface area contributed by atoms with E-state index in [2.05, 4.69) is 0 Å². The molecule has 0 saturated heterocycles. The van der Waals surface area contributed by atoms with Crippen LogP contribution in [0.4, 0.5) is 9.59 Å². The van der Waals surface area contributed by atoms with Crippen molar-refractivity contribution < 1.29 is 19.1 Å². The monoisotopic (exact) mass is 354 g/mol. The third-order valence-electron chi connectivity index (χ3n) is 3.12. The summed E-state index contributed by atoms with van der Waals surface area (Å²) < 4.78 is 10.5. The predicted molar refractivity (Wildman–Crippen MR) is 95.4 cm³/mol. The lowest BCUT2D eigenvalue weighted by Gasteiger charge is -2.31. The highest BCUT2D eigenvalue weighted by Gasteiger charge is 2.37. The molecule has 2 amide bonds. The standard InChI is InChI=1S/C17H30N4O4/c1-16(2,3)24-14(22)21(15(23)25-17(4,5)6)13(19)20-10-8-12(11-20)7-9-18/h8,19H,7,9-11,18H2,1-6H3. The van der Waals surface area contributed by atoms with E-state index in [0.29, 0.717) is 31.0 Å². The van der Waals surface area contributed by atoms with Gasteiger partial charge < -0.3 is 20.1 Å². The van der Waals surface area contributed by atoms with Crippen LogP contribution in [0.2, 0.25) is 0 Å². The molecule has 0 aromatic carbocycles. The quantitative estimate of drug-likeness (QED) is 0.448. The number of nitrogens with zero attached hydrogens (tertiary/aromatic N) is 2. The molecule has 0 spiro atoms. The minimum Gasteiger partial charge on any atom is -0.443 e. The van der Waals surface area contributed by atoms with E-state index in [1.54, 1.807) is 46.4 Å². The Hall–Kier alpha value is -2.09. The summed E-state index contributed by atoms with van der Waals surface area (Å²) in [4.78, 5) is 27.2. The summed E-state index contributed by atoms with van der Waals surface area (Å²) in [5.41, 5.74) is 5.02. The number of carbonyl (C=O) groups is 2. The van der Waals surface area contributed by atoms with Crippen LogP contribution in [-0.4, -0.2) is 58.8 Å². The molecule has 1 aliphatic heterocycles. The highest BCUT2D eigenvalue weighted by atomic mass is 16.6. The highest BCUT2D eigenvalue weighted by Crippen LogP contribution is 2.18. The molecule has 25 heavy (non-hydrogen) atoms. The van der Waals surface area contributed by atoms with Gasteiger partial charge in [0.05, 0.1) is 0 Å². The second-order valence-electron chi connectivity index (χ2n) is 7.90. The first-order valence-electron chi connectivity index (χ1n) is 8.31. The second-order valence-corrected chi connectivity index (χ2v) is 7.90. The fraction of sp³-hybridized carbons (Fsp3) is 0.706. The normalized spacial score (nSPS) is 14.8. The fourth-order valence-electron chi connectivity index (χ4n) is 2.15. The van der Waals surface area contributed by atoms with Gasteiger partial charge in [0.25, 0.3) is 0 Å². The summed E-state index contributed by atoms with van der Waals surface area (Å²) >= 11 is 0. The Bertz CT molecular complexity index is 530. The lowest BCUT2D eigenvalue weighted by atomic mass is 10.2. The topological polar surface area (TPSA) is 109 Å². The van der Waals surface area contributed by atoms with E-state index in [1.807, 2.05) is 6.08 Å². The van der Waals surface area contributed by atoms with Crippen molar-refractivity contribution in [2.75, 3.05) is 19.6 Å². The number of nitrogens with two attached hydrogens (primary N) is 1. The van der Waals surface area contributed by atoms with Crippen LogP contribution in [0.1, 0.15) is 48.0 Å². The van der Waals surface area contributed by atoms with Gasteiger partial charge in [0.1, 0.15) is 11.2 Å². The van der Waals surface area contributed by atoms with E-state index in [0.717, 1.165) is 5.57 Å². The van der Waals surface area contributed by atoms with Crippen molar-refractivity contribution in [1.82, 2.24) is 9.80 Å². The van der Waals surface area contributed by atoms with Crippen molar-refractivity contribution in [2.24, 2.45) is 5.73 Å². The maximum atomic E-state index is 12.5. The third-order valence-corrected chi connectivity index (χ3v) is 3.12. The van der Waals surface area contributed by atoms with Crippen LogP contribution in [-0.2, 0) is 9.47 Å². The maximum Gasteiger partial charge on any atom is 0.427 e. The summed E-state index contributed by atoms with van der Waals surface area (Å²) in [6, 6.07) is 0. The molecule has 0 saturated carbocycles. The van der Waals surface area contributed by atoms with E-state index >= 15 is 0 Å². The number of nitrogens with one attached hydrogen (secondary N) is 1. The van der Waals surface area contributed by atoms with Crippen LogP contribution in [0.25, 0.3) is 0 Å². The molecule has 3 N–H and O–H groups in total. The molecule has 8 heteroatoms. The first-order valence-corrected chi connectivity index (χ1v) is 8.31. The van der Waals surface area contributed by atoms with Crippen molar-refractivity contribution in [1.29, 1.82) is 5.41 Å². The highest BCUT2D eigenvalue weighted by molar-refractivity contribution is 6.07. The smallest absolute Gasteiger partial charge is 0.427 e. The Balaban J connectivity index is 2.96. The summed E-state index contributed by atoms with van der Waals surface area (Å²) in [7, 11) is 0. The average molecular weight is 354 g/mol. The molecule has 0 aliphatic carbocycles. The summed E-state index contributed by atoms with van der Waals surface area (Å²) in [5.74, 6) is -0.272. The minimum absolute atomic E-state index is 0.272. The molecule has 1 rings (SSSR count). The van der Waals surface area contributed by atoms with Gasteiger partial charge in [-0.3, -0.25) is 5.41 Å². The molecule has 0 fully saturated rings. The van der Waals surface area contributed by atoms with Gasteiger partial charge in [-0.25, -0.2) is 9.59 Å². The Labute approximate surface area is 149 Å². The van der Waals surface area contributed by atoms with Gasteiger partial charge in [-0.15, -0.1) is 4.90 Å². The summed E-state index contributed by atoms with van der Waals surface area (Å²) in [5, 5.41) is 8.33. The number of amides is 2. The largest absolute Gasteiger partial charge is 0.443 e. The van der Waals surface area contributed by atoms with Crippen LogP contribution in [0.15, 0.2) is 11.6 Å². The molecule has 0 unspecified atom stereocenters. The Morgan fingerprint density at radius 1 is 1.16 bits per heavy atom. The molecule has 1 heterocycles. The van der Waals surface area contributed by atoms with Crippen molar-refractivity contribution in [2.45, 2.75) is 59.2 Å². The predicted octanol–water partition coefficient (Wildman–Crippen LogP) is 2.68. The number of guanidine groups is 1. The van der Waals surface area contributed by atoms with E-state index in [9.17, 15) is 9.59 Å². The van der Waals surface area contributed by atoms with E-state index in [4.69, 9.17) is 20.6 Å². The SMILES string of the molecule is CC(C)(C)OC(=O)N(C(=N)N1CC=C(CCN)C1)C(=O)OC(C)(C)C. The molecule has 1 aliphatic rings. The Morgan fingerprint density at radius 2 is 1.64 bits per heavy atom. The van der Waals surface area contributed by atoms with Crippen molar-refractivity contribution in [3.8, 4) is 0 Å². The van der Waals surface area contributed by atoms with Crippen LogP contribution < -0.4 is 5.73 Å². The number of carbonyl (C=O) groups excluding carboxylic acids is 2. The molecule has 0 atom stereocenters. The van der Waals surface area contributed by atoms with Gasteiger partial charge >= 0.3 is 12.2 Å². The Morgan fingerprint density at radius 3 is 2.04 bits per heavy atom. The van der Waals surface area contributed by atoms with E-state index in [-0.39, 0.29) is 5.96 Å². The van der Waals surface area contributed by atoms with Crippen LogP contribution in [0.3, 0.4) is 0 Å². The Kier molecular flexibility index (Phi) is 6.59. The number of hydrogen-bond donors (Lipinski definition) is 2. The molecule has 8 nitrogen and oxygen atoms in total. The van der Waals surface area contributed by atoms with Crippen LogP contribution in [0.5, 0.6) is 0 Å². The zero-order valence-electron chi connectivity index (χ0n) is 16.0. The minimum atomic E-state index is -0.931. The molecule has 142 valence electrons. The van der Waals surface area contributed by atoms with Crippen molar-refractivity contribution >= 4 is 18.1 Å². The third kappa shape index (κ3) is 6.74. The van der Waals surface area contributed by atoms with Gasteiger partial charge in [-0.05, 0) is 54.5 Å². The van der Waals surface area contributed by atoms with E-state index < -0.39 is 23.4 Å². The van der Waals surface area contributed by atoms with E-state index in [1.165, 1.54) is 0 Å². The molecule has 0 aromatic heterocycles. The lowest BCUT2D eigenvalue weighted by Crippen LogP contribution is -2.52. The van der Waals surface area contributed by atoms with Gasteiger partial charge in [0.2, 0.25) is 5.96 Å². The number of hydrogen-bond acceptors (Lipinski definition) is 6. The molecule has 0 radical (unpaired) electrons. The van der Waals surface area contributed by atoms with Crippen molar-refractivity contribution in [3.05, 3.63) is 11.6 Å². The number of ether oxygens (including phenoxy) is 2. The maximum absolute atomic E-state index is 12.5. The average Bonchev–Trinajstić information content (AvgIpc) is 2.83. The van der Waals surface area contributed by atoms with Crippen LogP contribution >= 0.6 is 0 Å². The fourth-order valence-corrected chi connectivity index (χ4v) is 2.15. The first-order chi connectivity index (χ1) is 11.3.